The van der Waals surface area contributed by atoms with E-state index in [0.29, 0.717) is 17.8 Å². The van der Waals surface area contributed by atoms with Crippen molar-refractivity contribution in [1.82, 2.24) is 24.7 Å². The van der Waals surface area contributed by atoms with E-state index in [9.17, 15) is 4.39 Å². The molecule has 0 saturated carbocycles. The zero-order valence-corrected chi connectivity index (χ0v) is 17.0. The minimum absolute atomic E-state index is 0.270. The van der Waals surface area contributed by atoms with Gasteiger partial charge in [0.2, 0.25) is 0 Å². The molecule has 4 heterocycles. The molecule has 0 bridgehead atoms. The number of imidazole rings is 1. The van der Waals surface area contributed by atoms with Gasteiger partial charge in [0.05, 0.1) is 18.1 Å². The van der Waals surface area contributed by atoms with Gasteiger partial charge in [0.15, 0.2) is 5.65 Å². The number of furan rings is 1. The average molecular weight is 416 g/mol. The number of pyridine rings is 1. The second-order valence-electron chi connectivity index (χ2n) is 7.39. The zero-order chi connectivity index (χ0) is 21.2. The molecule has 0 aliphatic carbocycles. The highest BCUT2D eigenvalue weighted by molar-refractivity contribution is 5.85. The first-order valence-corrected chi connectivity index (χ1v) is 10.0. The first-order valence-electron chi connectivity index (χ1n) is 10.0. The molecule has 7 nitrogen and oxygen atoms in total. The van der Waals surface area contributed by atoms with E-state index in [4.69, 9.17) is 4.42 Å². The molecule has 156 valence electrons. The van der Waals surface area contributed by atoms with Crippen molar-refractivity contribution >= 4 is 16.9 Å². The van der Waals surface area contributed by atoms with Gasteiger partial charge in [0.1, 0.15) is 22.9 Å². The summed E-state index contributed by atoms with van der Waals surface area (Å²) in [6.45, 7) is 0.476. The number of nitrogens with zero attached hydrogens (tertiary/aromatic N) is 4. The summed E-state index contributed by atoms with van der Waals surface area (Å²) in [5, 5.41) is 7.47. The normalized spacial score (nSPS) is 11.3. The molecule has 0 fully saturated rings. The first kappa shape index (κ1) is 19.0. The van der Waals surface area contributed by atoms with Gasteiger partial charge in [0.25, 0.3) is 0 Å². The van der Waals surface area contributed by atoms with Crippen LogP contribution in [-0.2, 0) is 26.4 Å². The third kappa shape index (κ3) is 4.05. The van der Waals surface area contributed by atoms with Crippen molar-refractivity contribution in [2.75, 3.05) is 5.32 Å². The van der Waals surface area contributed by atoms with Crippen molar-refractivity contribution < 1.29 is 8.81 Å². The van der Waals surface area contributed by atoms with Gasteiger partial charge in [-0.2, -0.15) is 5.10 Å². The van der Waals surface area contributed by atoms with Crippen molar-refractivity contribution in [2.24, 2.45) is 7.05 Å². The number of aryl methyl sites for hydroxylation is 3. The van der Waals surface area contributed by atoms with E-state index in [1.165, 1.54) is 0 Å². The molecule has 0 spiro atoms. The third-order valence-corrected chi connectivity index (χ3v) is 5.16. The predicted octanol–water partition coefficient (Wildman–Crippen LogP) is 4.49. The lowest BCUT2D eigenvalue weighted by molar-refractivity contribution is 0.507. The molecule has 4 aromatic heterocycles. The van der Waals surface area contributed by atoms with Crippen LogP contribution in [0.2, 0.25) is 0 Å². The number of hydrogen-bond donors (Lipinski definition) is 2. The maximum absolute atomic E-state index is 14.6. The largest absolute Gasteiger partial charge is 0.469 e. The molecule has 5 rings (SSSR count). The van der Waals surface area contributed by atoms with Crippen LogP contribution in [0, 0.1) is 5.82 Å². The van der Waals surface area contributed by atoms with Crippen LogP contribution in [0.4, 0.5) is 10.1 Å². The monoisotopic (exact) mass is 416 g/mol. The number of nitrogens with one attached hydrogen (secondary N) is 2. The fraction of sp³-hybridized carbons (Fsp3) is 0.174. The number of H-pyrrole nitrogens is 1. The number of aromatic amines is 1. The Balaban J connectivity index is 1.30. The lowest BCUT2D eigenvalue weighted by Crippen LogP contribution is -2.01. The first-order chi connectivity index (χ1) is 15.2. The molecule has 2 N–H and O–H groups in total. The van der Waals surface area contributed by atoms with E-state index < -0.39 is 0 Å². The Bertz CT molecular complexity index is 1320. The van der Waals surface area contributed by atoms with E-state index in [0.717, 1.165) is 46.8 Å². The SMILES string of the molecule is Cn1cc(-c2ccc(CNc3ccnc4nc(CCc5ccco5)[nH]c34)cc2F)cn1. The van der Waals surface area contributed by atoms with Crippen LogP contribution in [-0.4, -0.2) is 24.7 Å². The highest BCUT2D eigenvalue weighted by atomic mass is 19.1. The van der Waals surface area contributed by atoms with Crippen LogP contribution < -0.4 is 5.32 Å². The van der Waals surface area contributed by atoms with Crippen LogP contribution in [0.3, 0.4) is 0 Å². The van der Waals surface area contributed by atoms with Gasteiger partial charge < -0.3 is 14.7 Å². The Labute approximate surface area is 178 Å². The number of anilines is 1. The average Bonchev–Trinajstić information content (AvgIpc) is 3.51. The highest BCUT2D eigenvalue weighted by Gasteiger charge is 2.11. The number of benzene rings is 1. The van der Waals surface area contributed by atoms with Crippen molar-refractivity contribution in [3.63, 3.8) is 0 Å². The zero-order valence-electron chi connectivity index (χ0n) is 17.0. The second-order valence-corrected chi connectivity index (χ2v) is 7.39. The summed E-state index contributed by atoms with van der Waals surface area (Å²) in [5.74, 6) is 1.50. The fourth-order valence-corrected chi connectivity index (χ4v) is 3.58. The van der Waals surface area contributed by atoms with Gasteiger partial charge in [0, 0.05) is 50.0 Å². The number of hydrogen-bond acceptors (Lipinski definition) is 5. The summed E-state index contributed by atoms with van der Waals surface area (Å²) in [7, 11) is 1.81. The standard InChI is InChI=1S/C23H21FN6O/c1-30-14-16(13-27-30)18-6-4-15(11-19(18)24)12-26-20-8-9-25-23-22(20)28-21(29-23)7-5-17-3-2-10-31-17/h2-4,6,8-11,13-14H,5,7,12H2,1H3,(H2,25,26,28,29). The maximum Gasteiger partial charge on any atom is 0.179 e. The van der Waals surface area contributed by atoms with Crippen LogP contribution in [0.1, 0.15) is 17.1 Å². The summed E-state index contributed by atoms with van der Waals surface area (Å²) < 4.78 is 21.7. The van der Waals surface area contributed by atoms with Crippen LogP contribution in [0.25, 0.3) is 22.3 Å². The van der Waals surface area contributed by atoms with E-state index in [1.807, 2.05) is 31.3 Å². The summed E-state index contributed by atoms with van der Waals surface area (Å²) in [6, 6.07) is 11.0. The molecule has 31 heavy (non-hydrogen) atoms. The Morgan fingerprint density at radius 2 is 2.13 bits per heavy atom. The summed E-state index contributed by atoms with van der Waals surface area (Å²) in [4.78, 5) is 12.3. The van der Waals surface area contributed by atoms with Gasteiger partial charge in [-0.1, -0.05) is 12.1 Å². The highest BCUT2D eigenvalue weighted by Crippen LogP contribution is 2.25. The molecule has 8 heteroatoms. The van der Waals surface area contributed by atoms with E-state index in [1.54, 1.807) is 41.7 Å². The lowest BCUT2D eigenvalue weighted by Gasteiger charge is -2.09. The lowest BCUT2D eigenvalue weighted by atomic mass is 10.1. The van der Waals surface area contributed by atoms with Gasteiger partial charge in [-0.25, -0.2) is 14.4 Å². The molecule has 0 radical (unpaired) electrons. The predicted molar refractivity (Wildman–Crippen MR) is 116 cm³/mol. The molecular weight excluding hydrogens is 395 g/mol. The van der Waals surface area contributed by atoms with Crippen molar-refractivity contribution in [3.8, 4) is 11.1 Å². The molecule has 1 aromatic carbocycles. The number of rotatable bonds is 7. The Morgan fingerprint density at radius 1 is 1.19 bits per heavy atom. The Morgan fingerprint density at radius 3 is 2.90 bits per heavy atom. The summed E-state index contributed by atoms with van der Waals surface area (Å²) >= 11 is 0. The quantitative estimate of drug-likeness (QED) is 0.408. The van der Waals surface area contributed by atoms with E-state index in [2.05, 4.69) is 25.4 Å². The van der Waals surface area contributed by atoms with Crippen LogP contribution >= 0.6 is 0 Å². The van der Waals surface area contributed by atoms with Crippen LogP contribution in [0.15, 0.2) is 65.7 Å². The second kappa shape index (κ2) is 8.06. The minimum atomic E-state index is -0.270. The molecule has 0 aliphatic rings. The van der Waals surface area contributed by atoms with E-state index in [-0.39, 0.29) is 5.82 Å². The molecule has 5 aromatic rings. The van der Waals surface area contributed by atoms with Crippen molar-refractivity contribution in [3.05, 3.63) is 84.2 Å². The Hall–Kier alpha value is -3.94. The molecule has 0 amide bonds. The van der Waals surface area contributed by atoms with Gasteiger partial charge in [-0.05, 0) is 29.8 Å². The van der Waals surface area contributed by atoms with Gasteiger partial charge in [-0.15, -0.1) is 0 Å². The smallest absolute Gasteiger partial charge is 0.179 e. The molecular formula is C23H21FN6O. The third-order valence-electron chi connectivity index (χ3n) is 5.16. The van der Waals surface area contributed by atoms with Gasteiger partial charge in [-0.3, -0.25) is 4.68 Å². The van der Waals surface area contributed by atoms with Crippen LogP contribution in [0.5, 0.6) is 0 Å². The number of halogens is 1. The molecule has 0 saturated heterocycles. The fourth-order valence-electron chi connectivity index (χ4n) is 3.58. The molecule has 0 unspecified atom stereocenters. The Kier molecular flexibility index (Phi) is 4.95. The maximum atomic E-state index is 14.6. The molecule has 0 aliphatic heterocycles. The number of aromatic nitrogens is 5. The molecule has 0 atom stereocenters. The van der Waals surface area contributed by atoms with Gasteiger partial charge >= 0.3 is 0 Å². The number of fused-ring (bicyclic) bond motifs is 1. The summed E-state index contributed by atoms with van der Waals surface area (Å²) in [6.07, 6.45) is 8.33. The van der Waals surface area contributed by atoms with Crippen molar-refractivity contribution in [2.45, 2.75) is 19.4 Å². The van der Waals surface area contributed by atoms with Crippen molar-refractivity contribution in [1.29, 1.82) is 0 Å². The van der Waals surface area contributed by atoms with E-state index >= 15 is 0 Å². The summed E-state index contributed by atoms with van der Waals surface area (Å²) in [5.41, 5.74) is 4.50. The minimum Gasteiger partial charge on any atom is -0.469 e. The topological polar surface area (TPSA) is 84.6 Å².